The fourth-order valence-electron chi connectivity index (χ4n) is 2.43. The number of piperazine rings is 1. The van der Waals surface area contributed by atoms with E-state index in [0.717, 1.165) is 0 Å². The normalized spacial score (nSPS) is 23.3. The van der Waals surface area contributed by atoms with Gasteiger partial charge < -0.3 is 10.6 Å². The van der Waals surface area contributed by atoms with Crippen LogP contribution in [-0.4, -0.2) is 60.1 Å². The van der Waals surface area contributed by atoms with Crippen LogP contribution >= 0.6 is 0 Å². The molecule has 1 aliphatic heterocycles. The molecule has 1 heterocycles. The first-order chi connectivity index (χ1) is 8.12. The number of likely N-dealkylation sites (N-methyl/N-ethyl adjacent to an activating group) is 1. The minimum absolute atomic E-state index is 0.0548. The van der Waals surface area contributed by atoms with Crippen LogP contribution in [0.5, 0.6) is 0 Å². The fourth-order valence-corrected chi connectivity index (χ4v) is 2.43. The molecule has 7 heteroatoms. The highest BCUT2D eigenvalue weighted by Gasteiger charge is 2.51. The van der Waals surface area contributed by atoms with E-state index in [1.807, 2.05) is 0 Å². The van der Waals surface area contributed by atoms with E-state index in [1.165, 1.54) is 23.6 Å². The van der Waals surface area contributed by atoms with Crippen LogP contribution in [0, 0.1) is 0 Å². The van der Waals surface area contributed by atoms with E-state index in [0.29, 0.717) is 6.54 Å². The standard InChI is InChI=1S/C11H20F3N3O/c1-10(2)9(18)16(3)6-7-17(10)8(4-5-15)11(12,13)14/h8H,4-7,15H2,1-3H3. The lowest BCUT2D eigenvalue weighted by Crippen LogP contribution is -2.67. The van der Waals surface area contributed by atoms with Gasteiger partial charge >= 0.3 is 6.18 Å². The number of nitrogens with zero attached hydrogens (tertiary/aromatic N) is 2. The lowest BCUT2D eigenvalue weighted by Gasteiger charge is -2.48. The van der Waals surface area contributed by atoms with Crippen LogP contribution in [0.15, 0.2) is 0 Å². The van der Waals surface area contributed by atoms with Gasteiger partial charge in [0.2, 0.25) is 5.91 Å². The lowest BCUT2D eigenvalue weighted by atomic mass is 9.94. The molecule has 1 rings (SSSR count). The quantitative estimate of drug-likeness (QED) is 0.823. The third-order valence-corrected chi connectivity index (χ3v) is 3.46. The van der Waals surface area contributed by atoms with Gasteiger partial charge in [-0.25, -0.2) is 0 Å². The molecule has 0 aromatic rings. The molecule has 2 N–H and O–H groups in total. The highest BCUT2D eigenvalue weighted by atomic mass is 19.4. The largest absolute Gasteiger partial charge is 0.404 e. The summed E-state index contributed by atoms with van der Waals surface area (Å²) in [6.45, 7) is 3.51. The Hall–Kier alpha value is -0.820. The second kappa shape index (κ2) is 5.05. The number of carbonyl (C=O) groups is 1. The van der Waals surface area contributed by atoms with Crippen molar-refractivity contribution < 1.29 is 18.0 Å². The van der Waals surface area contributed by atoms with Crippen molar-refractivity contribution in [3.05, 3.63) is 0 Å². The maximum Gasteiger partial charge on any atom is 0.404 e. The van der Waals surface area contributed by atoms with Crippen molar-refractivity contribution in [1.29, 1.82) is 0 Å². The van der Waals surface area contributed by atoms with Gasteiger partial charge in [-0.15, -0.1) is 0 Å². The predicted octanol–water partition coefficient (Wildman–Crippen LogP) is 0.819. The van der Waals surface area contributed by atoms with Gasteiger partial charge in [-0.3, -0.25) is 9.69 Å². The zero-order chi connectivity index (χ0) is 14.1. The van der Waals surface area contributed by atoms with E-state index >= 15 is 0 Å². The SMILES string of the molecule is CN1CCN(C(CCN)C(F)(F)F)C(C)(C)C1=O. The number of amides is 1. The third-order valence-electron chi connectivity index (χ3n) is 3.46. The Morgan fingerprint density at radius 1 is 1.39 bits per heavy atom. The van der Waals surface area contributed by atoms with Crippen LogP contribution in [0.1, 0.15) is 20.3 Å². The highest BCUT2D eigenvalue weighted by Crippen LogP contribution is 2.34. The number of hydrogen-bond donors (Lipinski definition) is 1. The first-order valence-electron chi connectivity index (χ1n) is 5.91. The Bertz CT molecular complexity index is 317. The van der Waals surface area contributed by atoms with E-state index in [1.54, 1.807) is 7.05 Å². The first kappa shape index (κ1) is 15.2. The highest BCUT2D eigenvalue weighted by molar-refractivity contribution is 5.86. The topological polar surface area (TPSA) is 49.6 Å². The van der Waals surface area contributed by atoms with Crippen LogP contribution in [-0.2, 0) is 4.79 Å². The van der Waals surface area contributed by atoms with Gasteiger partial charge in [-0.05, 0) is 26.8 Å². The van der Waals surface area contributed by atoms with Crippen LogP contribution in [0.3, 0.4) is 0 Å². The van der Waals surface area contributed by atoms with Gasteiger partial charge in [0.1, 0.15) is 6.04 Å². The molecule has 1 amide bonds. The number of halogens is 3. The first-order valence-corrected chi connectivity index (χ1v) is 5.91. The predicted molar refractivity (Wildman–Crippen MR) is 61.9 cm³/mol. The van der Waals surface area contributed by atoms with E-state index in [2.05, 4.69) is 0 Å². The van der Waals surface area contributed by atoms with Crippen LogP contribution in [0.4, 0.5) is 13.2 Å². The molecule has 4 nitrogen and oxygen atoms in total. The molecule has 0 bridgehead atoms. The minimum Gasteiger partial charge on any atom is -0.343 e. The summed E-state index contributed by atoms with van der Waals surface area (Å²) in [6, 6.07) is -1.66. The Morgan fingerprint density at radius 2 is 1.94 bits per heavy atom. The average Bonchev–Trinajstić information content (AvgIpc) is 2.23. The zero-order valence-corrected chi connectivity index (χ0v) is 10.9. The van der Waals surface area contributed by atoms with Gasteiger partial charge in [0.25, 0.3) is 0 Å². The van der Waals surface area contributed by atoms with Crippen LogP contribution in [0.2, 0.25) is 0 Å². The Labute approximate surface area is 105 Å². The second-order valence-corrected chi connectivity index (χ2v) is 5.11. The smallest absolute Gasteiger partial charge is 0.343 e. The number of hydrogen-bond acceptors (Lipinski definition) is 3. The van der Waals surface area contributed by atoms with Crippen molar-refractivity contribution in [1.82, 2.24) is 9.80 Å². The maximum absolute atomic E-state index is 13.0. The molecule has 1 atom stereocenters. The van der Waals surface area contributed by atoms with E-state index < -0.39 is 17.8 Å². The van der Waals surface area contributed by atoms with Gasteiger partial charge in [0.15, 0.2) is 0 Å². The van der Waals surface area contributed by atoms with Crippen molar-refractivity contribution in [3.63, 3.8) is 0 Å². The number of nitrogens with two attached hydrogens (primary N) is 1. The summed E-state index contributed by atoms with van der Waals surface area (Å²) in [6.07, 6.45) is -4.56. The summed E-state index contributed by atoms with van der Waals surface area (Å²) in [5, 5.41) is 0. The van der Waals surface area contributed by atoms with E-state index in [-0.39, 0.29) is 25.4 Å². The molecule has 0 radical (unpaired) electrons. The third kappa shape index (κ3) is 2.77. The second-order valence-electron chi connectivity index (χ2n) is 5.11. The van der Waals surface area contributed by atoms with Crippen molar-refractivity contribution in [2.75, 3.05) is 26.7 Å². The van der Waals surface area contributed by atoms with Crippen molar-refractivity contribution in [2.24, 2.45) is 5.73 Å². The Balaban J connectivity index is 3.01. The average molecular weight is 267 g/mol. The Morgan fingerprint density at radius 3 is 2.39 bits per heavy atom. The molecule has 0 aromatic heterocycles. The maximum atomic E-state index is 13.0. The minimum atomic E-state index is -4.37. The van der Waals surface area contributed by atoms with Crippen LogP contribution < -0.4 is 5.73 Å². The molecular weight excluding hydrogens is 247 g/mol. The van der Waals surface area contributed by atoms with Crippen molar-refractivity contribution >= 4 is 5.91 Å². The van der Waals surface area contributed by atoms with Crippen LogP contribution in [0.25, 0.3) is 0 Å². The summed E-state index contributed by atoms with van der Waals surface area (Å²) in [4.78, 5) is 14.7. The van der Waals surface area contributed by atoms with Gasteiger partial charge in [-0.2, -0.15) is 13.2 Å². The number of carbonyl (C=O) groups excluding carboxylic acids is 1. The molecular formula is C11H20F3N3O. The summed E-state index contributed by atoms with van der Waals surface area (Å²) in [7, 11) is 1.60. The zero-order valence-electron chi connectivity index (χ0n) is 10.9. The summed E-state index contributed by atoms with van der Waals surface area (Å²) in [5.41, 5.74) is 4.11. The molecule has 0 aliphatic carbocycles. The molecule has 0 aromatic carbocycles. The molecule has 1 aliphatic rings. The van der Waals surface area contributed by atoms with Gasteiger partial charge in [-0.1, -0.05) is 0 Å². The molecule has 0 saturated carbocycles. The number of alkyl halides is 3. The molecule has 1 fully saturated rings. The molecule has 1 unspecified atom stereocenters. The summed E-state index contributed by atoms with van der Waals surface area (Å²) < 4.78 is 39.1. The Kier molecular flexibility index (Phi) is 4.27. The monoisotopic (exact) mass is 267 g/mol. The summed E-state index contributed by atoms with van der Waals surface area (Å²) in [5.74, 6) is -0.292. The lowest BCUT2D eigenvalue weighted by molar-refractivity contribution is -0.206. The molecule has 18 heavy (non-hydrogen) atoms. The molecule has 0 spiro atoms. The molecule has 1 saturated heterocycles. The van der Waals surface area contributed by atoms with Crippen molar-refractivity contribution in [3.8, 4) is 0 Å². The van der Waals surface area contributed by atoms with E-state index in [4.69, 9.17) is 5.73 Å². The van der Waals surface area contributed by atoms with Crippen molar-refractivity contribution in [2.45, 2.75) is 38.0 Å². The summed E-state index contributed by atoms with van der Waals surface area (Å²) >= 11 is 0. The fraction of sp³-hybridized carbons (Fsp3) is 0.909. The van der Waals surface area contributed by atoms with Gasteiger partial charge in [0, 0.05) is 20.1 Å². The van der Waals surface area contributed by atoms with Gasteiger partial charge in [0.05, 0.1) is 5.54 Å². The van der Waals surface area contributed by atoms with E-state index in [9.17, 15) is 18.0 Å². The number of rotatable bonds is 3. The molecule has 106 valence electrons.